The molecule has 0 aliphatic heterocycles. The summed E-state index contributed by atoms with van der Waals surface area (Å²) in [6.45, 7) is 9.84. The van der Waals surface area contributed by atoms with Crippen LogP contribution in [-0.4, -0.2) is 27.3 Å². The quantitative estimate of drug-likeness (QED) is 0.312. The molecular formula is C19H32O3Si. The van der Waals surface area contributed by atoms with Gasteiger partial charge in [-0.15, -0.1) is 0 Å². The van der Waals surface area contributed by atoms with Gasteiger partial charge in [-0.2, -0.15) is 0 Å². The van der Waals surface area contributed by atoms with Crippen LogP contribution in [0.5, 0.6) is 0 Å². The molecule has 23 heavy (non-hydrogen) atoms. The van der Waals surface area contributed by atoms with Crippen molar-refractivity contribution in [1.29, 1.82) is 0 Å². The Morgan fingerprint density at radius 1 is 1.09 bits per heavy atom. The molecule has 0 aliphatic carbocycles. The fourth-order valence-electron chi connectivity index (χ4n) is 2.80. The third-order valence-electron chi connectivity index (χ3n) is 4.79. The Morgan fingerprint density at radius 2 is 1.70 bits per heavy atom. The fourth-order valence-corrected chi connectivity index (χ4v) is 5.78. The van der Waals surface area contributed by atoms with Crippen LogP contribution in [0.2, 0.25) is 18.1 Å². The number of hydrogen-bond donors (Lipinski definition) is 0. The number of rotatable bonds is 12. The van der Waals surface area contributed by atoms with Crippen LogP contribution in [0, 0.1) is 5.92 Å². The normalized spacial score (nSPS) is 14.4. The van der Waals surface area contributed by atoms with E-state index in [1.54, 1.807) is 0 Å². The van der Waals surface area contributed by atoms with Crippen molar-refractivity contribution in [2.24, 2.45) is 5.92 Å². The smallest absolute Gasteiger partial charge is 0.192 e. The lowest BCUT2D eigenvalue weighted by Gasteiger charge is -2.34. The minimum atomic E-state index is -1.70. The van der Waals surface area contributed by atoms with Gasteiger partial charge in [-0.1, -0.05) is 58.0 Å². The Labute approximate surface area is 142 Å². The Hall–Kier alpha value is -0.973. The SMILES string of the molecule is CC[Si](CC)(CC)O[C@@H](CCOCc1ccccc1)[C@@H](C)C=O. The molecule has 0 N–H and O–H groups in total. The average molecular weight is 337 g/mol. The van der Waals surface area contributed by atoms with Crippen molar-refractivity contribution in [2.75, 3.05) is 6.61 Å². The van der Waals surface area contributed by atoms with Gasteiger partial charge >= 0.3 is 0 Å². The molecule has 0 amide bonds. The monoisotopic (exact) mass is 336 g/mol. The van der Waals surface area contributed by atoms with E-state index in [2.05, 4.69) is 32.9 Å². The molecule has 0 saturated heterocycles. The molecule has 0 saturated carbocycles. The molecule has 0 bridgehead atoms. The van der Waals surface area contributed by atoms with Gasteiger partial charge in [-0.25, -0.2) is 0 Å². The second-order valence-electron chi connectivity index (χ2n) is 6.22. The Kier molecular flexibility index (Phi) is 9.37. The lowest BCUT2D eigenvalue weighted by atomic mass is 10.0. The van der Waals surface area contributed by atoms with Crippen molar-refractivity contribution < 1.29 is 14.0 Å². The molecule has 0 unspecified atom stereocenters. The topological polar surface area (TPSA) is 35.5 Å². The first-order valence-corrected chi connectivity index (χ1v) is 11.4. The summed E-state index contributed by atoms with van der Waals surface area (Å²) < 4.78 is 12.3. The minimum Gasteiger partial charge on any atom is -0.413 e. The number of carbonyl (C=O) groups excluding carboxylic acids is 1. The van der Waals surface area contributed by atoms with Crippen molar-refractivity contribution in [3.05, 3.63) is 35.9 Å². The van der Waals surface area contributed by atoms with Gasteiger partial charge in [-0.05, 0) is 30.1 Å². The van der Waals surface area contributed by atoms with E-state index in [1.807, 2.05) is 25.1 Å². The van der Waals surface area contributed by atoms with Crippen LogP contribution < -0.4 is 0 Å². The number of aldehydes is 1. The first-order chi connectivity index (χ1) is 11.1. The molecule has 1 rings (SSSR count). The van der Waals surface area contributed by atoms with Gasteiger partial charge in [0.1, 0.15) is 6.29 Å². The number of hydrogen-bond acceptors (Lipinski definition) is 3. The van der Waals surface area contributed by atoms with Gasteiger partial charge in [-0.3, -0.25) is 0 Å². The predicted octanol–water partition coefficient (Wildman–Crippen LogP) is 4.82. The van der Waals surface area contributed by atoms with E-state index in [1.165, 1.54) is 5.56 Å². The van der Waals surface area contributed by atoms with E-state index < -0.39 is 8.32 Å². The van der Waals surface area contributed by atoms with Crippen molar-refractivity contribution in [3.8, 4) is 0 Å². The highest BCUT2D eigenvalue weighted by Gasteiger charge is 2.33. The summed E-state index contributed by atoms with van der Waals surface area (Å²) in [4.78, 5) is 11.2. The zero-order chi connectivity index (χ0) is 17.1. The van der Waals surface area contributed by atoms with Crippen LogP contribution in [-0.2, 0) is 20.6 Å². The van der Waals surface area contributed by atoms with Gasteiger partial charge in [0.15, 0.2) is 8.32 Å². The zero-order valence-electron chi connectivity index (χ0n) is 15.1. The first-order valence-electron chi connectivity index (χ1n) is 8.85. The second-order valence-corrected chi connectivity index (χ2v) is 10.9. The Morgan fingerprint density at radius 3 is 2.22 bits per heavy atom. The summed E-state index contributed by atoms with van der Waals surface area (Å²) in [5.74, 6) is -0.0770. The number of ether oxygens (including phenoxy) is 1. The van der Waals surface area contributed by atoms with Gasteiger partial charge in [0, 0.05) is 12.5 Å². The van der Waals surface area contributed by atoms with Gasteiger partial charge in [0.25, 0.3) is 0 Å². The van der Waals surface area contributed by atoms with E-state index in [0.29, 0.717) is 13.2 Å². The Balaban J connectivity index is 2.53. The van der Waals surface area contributed by atoms with E-state index in [0.717, 1.165) is 30.8 Å². The van der Waals surface area contributed by atoms with Gasteiger partial charge < -0.3 is 14.0 Å². The summed E-state index contributed by atoms with van der Waals surface area (Å²) in [6.07, 6.45) is 1.78. The lowest BCUT2D eigenvalue weighted by molar-refractivity contribution is -0.113. The van der Waals surface area contributed by atoms with Crippen molar-refractivity contribution in [1.82, 2.24) is 0 Å². The van der Waals surface area contributed by atoms with Crippen molar-refractivity contribution >= 4 is 14.6 Å². The van der Waals surface area contributed by atoms with Crippen LogP contribution in [0.15, 0.2) is 30.3 Å². The van der Waals surface area contributed by atoms with Crippen LogP contribution in [0.1, 0.15) is 39.7 Å². The molecule has 0 radical (unpaired) electrons. The van der Waals surface area contributed by atoms with Gasteiger partial charge in [0.05, 0.1) is 12.7 Å². The summed E-state index contributed by atoms with van der Waals surface area (Å²) in [5.41, 5.74) is 1.17. The first kappa shape index (κ1) is 20.1. The third-order valence-corrected chi connectivity index (χ3v) is 9.46. The highest BCUT2D eigenvalue weighted by molar-refractivity contribution is 6.73. The highest BCUT2D eigenvalue weighted by Crippen LogP contribution is 2.26. The highest BCUT2D eigenvalue weighted by atomic mass is 28.4. The maximum absolute atomic E-state index is 11.2. The van der Waals surface area contributed by atoms with Crippen LogP contribution in [0.3, 0.4) is 0 Å². The molecule has 0 aliphatic rings. The van der Waals surface area contributed by atoms with Crippen LogP contribution >= 0.6 is 0 Å². The predicted molar refractivity (Wildman–Crippen MR) is 98.0 cm³/mol. The molecule has 0 aromatic heterocycles. The van der Waals surface area contributed by atoms with E-state index in [4.69, 9.17) is 9.16 Å². The molecule has 1 aromatic rings. The summed E-state index contributed by atoms with van der Waals surface area (Å²) in [7, 11) is -1.70. The lowest BCUT2D eigenvalue weighted by Crippen LogP contribution is -2.42. The summed E-state index contributed by atoms with van der Waals surface area (Å²) in [6, 6.07) is 13.5. The molecule has 1 aromatic carbocycles. The third kappa shape index (κ3) is 6.57. The van der Waals surface area contributed by atoms with E-state index in [9.17, 15) is 4.79 Å². The van der Waals surface area contributed by atoms with Crippen molar-refractivity contribution in [2.45, 2.75) is 65.0 Å². The standard InChI is InChI=1S/C19H32O3Si/c1-5-23(6-2,7-3)22-19(17(4)15-20)13-14-21-16-18-11-9-8-10-12-18/h8-12,15,17,19H,5-7,13-14,16H2,1-4H3/t17-,19-/m0/s1. The maximum Gasteiger partial charge on any atom is 0.192 e. The molecule has 2 atom stereocenters. The van der Waals surface area contributed by atoms with Crippen LogP contribution in [0.4, 0.5) is 0 Å². The molecule has 4 heteroatoms. The Bertz CT molecular complexity index is 423. The maximum atomic E-state index is 11.2. The van der Waals surface area contributed by atoms with Crippen LogP contribution in [0.25, 0.3) is 0 Å². The molecule has 130 valence electrons. The molecule has 0 heterocycles. The van der Waals surface area contributed by atoms with Crippen molar-refractivity contribution in [3.63, 3.8) is 0 Å². The van der Waals surface area contributed by atoms with E-state index >= 15 is 0 Å². The molecule has 0 fully saturated rings. The number of carbonyl (C=O) groups is 1. The molecule has 0 spiro atoms. The largest absolute Gasteiger partial charge is 0.413 e. The zero-order valence-corrected chi connectivity index (χ0v) is 16.1. The van der Waals surface area contributed by atoms with E-state index in [-0.39, 0.29) is 12.0 Å². The average Bonchev–Trinajstić information content (AvgIpc) is 2.62. The summed E-state index contributed by atoms with van der Waals surface area (Å²) in [5, 5.41) is 0. The number of benzene rings is 1. The minimum absolute atomic E-state index is 0.0187. The molecule has 3 nitrogen and oxygen atoms in total. The molecular weight excluding hydrogens is 304 g/mol. The summed E-state index contributed by atoms with van der Waals surface area (Å²) >= 11 is 0. The fraction of sp³-hybridized carbons (Fsp3) is 0.632. The second kappa shape index (κ2) is 10.7. The van der Waals surface area contributed by atoms with Gasteiger partial charge in [0.2, 0.25) is 0 Å².